The molecule has 0 radical (unpaired) electrons. The van der Waals surface area contributed by atoms with E-state index in [0.29, 0.717) is 23.9 Å². The van der Waals surface area contributed by atoms with Crippen molar-refractivity contribution in [3.05, 3.63) is 12.2 Å². The molecule has 5 atom stereocenters. The Morgan fingerprint density at radius 2 is 1.88 bits per heavy atom. The highest BCUT2D eigenvalue weighted by Crippen LogP contribution is 2.65. The van der Waals surface area contributed by atoms with Crippen LogP contribution in [0.25, 0.3) is 0 Å². The van der Waals surface area contributed by atoms with Crippen LogP contribution in [0, 0.1) is 40.4 Å². The lowest BCUT2D eigenvalue weighted by Gasteiger charge is -2.48. The van der Waals surface area contributed by atoms with Crippen molar-refractivity contribution in [2.75, 3.05) is 13.2 Å². The van der Waals surface area contributed by atoms with Gasteiger partial charge in [0.15, 0.2) is 0 Å². The second-order valence-corrected chi connectivity index (χ2v) is 11.5. The summed E-state index contributed by atoms with van der Waals surface area (Å²) in [6.45, 7) is 7.06. The molecule has 4 bridgehead atoms. The molecule has 5 unspecified atom stereocenters. The van der Waals surface area contributed by atoms with Gasteiger partial charge in [0.2, 0.25) is 0 Å². The SMILES string of the molecule is CCCCCC(CC)(COC(=O)C(C)COC(=O)C1CC2C=CC1C2)C12CCC(CC1)C2. The van der Waals surface area contributed by atoms with Gasteiger partial charge in [-0.15, -0.1) is 0 Å². The highest BCUT2D eigenvalue weighted by Gasteiger charge is 2.57. The molecule has 0 amide bonds. The summed E-state index contributed by atoms with van der Waals surface area (Å²) in [5.41, 5.74) is 0.473. The summed E-state index contributed by atoms with van der Waals surface area (Å²) in [6, 6.07) is 0. The maximum absolute atomic E-state index is 12.9. The minimum absolute atomic E-state index is 0.0173. The van der Waals surface area contributed by atoms with Gasteiger partial charge < -0.3 is 9.47 Å². The summed E-state index contributed by atoms with van der Waals surface area (Å²) in [6.07, 6.45) is 19.0. The Morgan fingerprint density at radius 3 is 2.44 bits per heavy atom. The first-order valence-corrected chi connectivity index (χ1v) is 13.4. The molecule has 0 saturated heterocycles. The van der Waals surface area contributed by atoms with Gasteiger partial charge in [0.1, 0.15) is 6.61 Å². The number of fused-ring (bicyclic) bond motifs is 4. The van der Waals surface area contributed by atoms with Gasteiger partial charge in [0.25, 0.3) is 0 Å². The van der Waals surface area contributed by atoms with Gasteiger partial charge in [-0.2, -0.15) is 0 Å². The van der Waals surface area contributed by atoms with Crippen LogP contribution in [-0.2, 0) is 19.1 Å². The van der Waals surface area contributed by atoms with Crippen molar-refractivity contribution in [2.24, 2.45) is 40.4 Å². The maximum atomic E-state index is 12.9. The van der Waals surface area contributed by atoms with Crippen LogP contribution in [0.3, 0.4) is 0 Å². The first-order chi connectivity index (χ1) is 15.4. The van der Waals surface area contributed by atoms with E-state index in [0.717, 1.165) is 25.2 Å². The number of ether oxygens (including phenoxy) is 2. The van der Waals surface area contributed by atoms with Gasteiger partial charge >= 0.3 is 11.9 Å². The molecule has 32 heavy (non-hydrogen) atoms. The van der Waals surface area contributed by atoms with Gasteiger partial charge in [0, 0.05) is 5.41 Å². The van der Waals surface area contributed by atoms with Crippen molar-refractivity contribution in [2.45, 2.75) is 97.8 Å². The number of esters is 2. The minimum Gasteiger partial charge on any atom is -0.465 e. The van der Waals surface area contributed by atoms with Crippen LogP contribution < -0.4 is 0 Å². The van der Waals surface area contributed by atoms with Crippen molar-refractivity contribution in [1.29, 1.82) is 0 Å². The summed E-state index contributed by atoms with van der Waals surface area (Å²) in [5, 5.41) is 0. The lowest BCUT2D eigenvalue weighted by Crippen LogP contribution is -2.44. The number of hydrogen-bond donors (Lipinski definition) is 0. The molecule has 0 aromatic rings. The summed E-state index contributed by atoms with van der Waals surface area (Å²) in [5.74, 6) is 1.01. The molecule has 4 heteroatoms. The zero-order chi connectivity index (χ0) is 22.8. The van der Waals surface area contributed by atoms with E-state index in [1.165, 1.54) is 57.8 Å². The average Bonchev–Trinajstić information content (AvgIpc) is 3.61. The standard InChI is InChI=1S/C28H44O4/c1-4-6-7-12-27(5-2,28-13-10-21(17-28)11-14-28)19-32-25(29)20(3)18-31-26(30)24-16-22-8-9-23(24)15-22/h8-9,20-24H,4-7,10-19H2,1-3H3. The van der Waals surface area contributed by atoms with Crippen LogP contribution in [-0.4, -0.2) is 25.2 Å². The van der Waals surface area contributed by atoms with Crippen molar-refractivity contribution in [3.63, 3.8) is 0 Å². The van der Waals surface area contributed by atoms with E-state index in [1.54, 1.807) is 0 Å². The second-order valence-electron chi connectivity index (χ2n) is 11.5. The predicted molar refractivity (Wildman–Crippen MR) is 126 cm³/mol. The molecule has 180 valence electrons. The normalized spacial score (nSPS) is 35.1. The zero-order valence-electron chi connectivity index (χ0n) is 20.6. The number of allylic oxidation sites excluding steroid dienone is 2. The molecule has 0 aliphatic heterocycles. The monoisotopic (exact) mass is 444 g/mol. The molecule has 0 N–H and O–H groups in total. The molecule has 3 saturated carbocycles. The van der Waals surface area contributed by atoms with Crippen molar-refractivity contribution in [1.82, 2.24) is 0 Å². The highest BCUT2D eigenvalue weighted by molar-refractivity contribution is 5.75. The Hall–Kier alpha value is -1.32. The average molecular weight is 445 g/mol. The molecule has 0 spiro atoms. The minimum atomic E-state index is -0.407. The summed E-state index contributed by atoms with van der Waals surface area (Å²) >= 11 is 0. The lowest BCUT2D eigenvalue weighted by molar-refractivity contribution is -0.162. The molecular formula is C28H44O4. The Kier molecular flexibility index (Phi) is 7.36. The van der Waals surface area contributed by atoms with Crippen LogP contribution in [0.15, 0.2) is 12.2 Å². The zero-order valence-corrected chi connectivity index (χ0v) is 20.6. The fraction of sp³-hybridized carbons (Fsp3) is 0.857. The van der Waals surface area contributed by atoms with Crippen LogP contribution in [0.5, 0.6) is 0 Å². The van der Waals surface area contributed by atoms with E-state index in [9.17, 15) is 9.59 Å². The largest absolute Gasteiger partial charge is 0.465 e. The van der Waals surface area contributed by atoms with E-state index in [1.807, 2.05) is 6.92 Å². The Labute approximate surface area is 194 Å². The lowest BCUT2D eigenvalue weighted by atomic mass is 9.58. The fourth-order valence-electron chi connectivity index (χ4n) is 7.58. The first-order valence-electron chi connectivity index (χ1n) is 13.4. The third-order valence-corrected chi connectivity index (χ3v) is 9.75. The smallest absolute Gasteiger partial charge is 0.312 e. The molecule has 0 heterocycles. The number of unbranched alkanes of at least 4 members (excludes halogenated alkanes) is 2. The summed E-state index contributed by atoms with van der Waals surface area (Å²) in [7, 11) is 0. The Morgan fingerprint density at radius 1 is 1.09 bits per heavy atom. The second kappa shape index (κ2) is 9.89. The first kappa shape index (κ1) is 23.8. The quantitative estimate of drug-likeness (QED) is 0.196. The van der Waals surface area contributed by atoms with E-state index in [-0.39, 0.29) is 29.9 Å². The van der Waals surface area contributed by atoms with Crippen LogP contribution in [0.4, 0.5) is 0 Å². The molecule has 0 aromatic carbocycles. The van der Waals surface area contributed by atoms with Gasteiger partial charge in [-0.25, -0.2) is 0 Å². The van der Waals surface area contributed by atoms with Crippen LogP contribution in [0.1, 0.15) is 97.8 Å². The summed E-state index contributed by atoms with van der Waals surface area (Å²) in [4.78, 5) is 25.4. The third-order valence-electron chi connectivity index (χ3n) is 9.75. The number of hydrogen-bond acceptors (Lipinski definition) is 4. The maximum Gasteiger partial charge on any atom is 0.312 e. The molecule has 4 aliphatic carbocycles. The molecule has 0 aromatic heterocycles. The van der Waals surface area contributed by atoms with E-state index in [2.05, 4.69) is 26.0 Å². The number of carbonyl (C=O) groups is 2. The van der Waals surface area contributed by atoms with Crippen LogP contribution in [0.2, 0.25) is 0 Å². The fourth-order valence-corrected chi connectivity index (χ4v) is 7.58. The number of rotatable bonds is 12. The van der Waals surface area contributed by atoms with Crippen molar-refractivity contribution in [3.8, 4) is 0 Å². The Balaban J connectivity index is 1.31. The van der Waals surface area contributed by atoms with E-state index < -0.39 is 5.92 Å². The molecule has 3 fully saturated rings. The van der Waals surface area contributed by atoms with E-state index in [4.69, 9.17) is 9.47 Å². The molecule has 4 nitrogen and oxygen atoms in total. The van der Waals surface area contributed by atoms with Gasteiger partial charge in [-0.1, -0.05) is 45.3 Å². The summed E-state index contributed by atoms with van der Waals surface area (Å²) < 4.78 is 11.6. The number of carbonyl (C=O) groups excluding carboxylic acids is 2. The van der Waals surface area contributed by atoms with E-state index >= 15 is 0 Å². The van der Waals surface area contributed by atoms with Gasteiger partial charge in [-0.05, 0) is 87.9 Å². The molecule has 4 rings (SSSR count). The van der Waals surface area contributed by atoms with Crippen LogP contribution >= 0.6 is 0 Å². The highest BCUT2D eigenvalue weighted by atomic mass is 16.6. The van der Waals surface area contributed by atoms with Crippen molar-refractivity contribution < 1.29 is 19.1 Å². The predicted octanol–water partition coefficient (Wildman–Crippen LogP) is 6.48. The topological polar surface area (TPSA) is 52.6 Å². The van der Waals surface area contributed by atoms with Gasteiger partial charge in [0.05, 0.1) is 18.4 Å². The molecular weight excluding hydrogens is 400 g/mol. The van der Waals surface area contributed by atoms with Crippen molar-refractivity contribution >= 4 is 11.9 Å². The third kappa shape index (κ3) is 4.53. The van der Waals surface area contributed by atoms with Gasteiger partial charge in [-0.3, -0.25) is 9.59 Å². The Bertz CT molecular complexity index is 704. The molecule has 4 aliphatic rings.